The van der Waals surface area contributed by atoms with Crippen LogP contribution < -0.4 is 5.43 Å². The van der Waals surface area contributed by atoms with Crippen LogP contribution in [-0.4, -0.2) is 10.6 Å². The summed E-state index contributed by atoms with van der Waals surface area (Å²) in [7, 11) is 0. The Morgan fingerprint density at radius 3 is 2.89 bits per heavy atom. The minimum atomic E-state index is -0.481. The SMILES string of the molecule is CCCC/C(C)=N/Nc1ccc(Cl)cc1[N+](=O)[O-]. The summed E-state index contributed by atoms with van der Waals surface area (Å²) in [6.07, 6.45) is 3.03. The average Bonchev–Trinajstić information content (AvgIpc) is 2.34. The topological polar surface area (TPSA) is 67.5 Å². The summed E-state index contributed by atoms with van der Waals surface area (Å²) < 4.78 is 0. The lowest BCUT2D eigenvalue weighted by molar-refractivity contribution is -0.383. The number of hydrogen-bond donors (Lipinski definition) is 1. The Labute approximate surface area is 111 Å². The summed E-state index contributed by atoms with van der Waals surface area (Å²) in [5.74, 6) is 0. The Morgan fingerprint density at radius 2 is 2.28 bits per heavy atom. The van der Waals surface area contributed by atoms with Gasteiger partial charge in [0.1, 0.15) is 5.69 Å². The van der Waals surface area contributed by atoms with E-state index in [-0.39, 0.29) is 5.69 Å². The lowest BCUT2D eigenvalue weighted by Crippen LogP contribution is -2.00. The first-order valence-corrected chi connectivity index (χ1v) is 6.15. The zero-order valence-corrected chi connectivity index (χ0v) is 11.2. The fourth-order valence-corrected chi connectivity index (χ4v) is 1.56. The third-order valence-electron chi connectivity index (χ3n) is 2.42. The summed E-state index contributed by atoms with van der Waals surface area (Å²) in [6, 6.07) is 4.45. The van der Waals surface area contributed by atoms with Crippen molar-refractivity contribution in [3.8, 4) is 0 Å². The van der Waals surface area contributed by atoms with Crippen molar-refractivity contribution in [2.75, 3.05) is 5.43 Å². The van der Waals surface area contributed by atoms with Crippen LogP contribution in [-0.2, 0) is 0 Å². The molecule has 0 spiro atoms. The second kappa shape index (κ2) is 6.96. The van der Waals surface area contributed by atoms with Crippen molar-refractivity contribution in [2.45, 2.75) is 33.1 Å². The summed E-state index contributed by atoms with van der Waals surface area (Å²) in [6.45, 7) is 4.00. The van der Waals surface area contributed by atoms with Gasteiger partial charge in [0.25, 0.3) is 5.69 Å². The molecule has 98 valence electrons. The number of rotatable bonds is 6. The number of nitro benzene ring substituents is 1. The molecule has 0 fully saturated rings. The molecule has 1 N–H and O–H groups in total. The quantitative estimate of drug-likeness (QED) is 0.477. The zero-order chi connectivity index (χ0) is 13.5. The second-order valence-corrected chi connectivity index (χ2v) is 4.42. The molecule has 0 aliphatic rings. The number of hydrazone groups is 1. The molecular formula is C12H16ClN3O2. The summed E-state index contributed by atoms with van der Waals surface area (Å²) in [5, 5.41) is 15.3. The number of nitrogens with zero attached hydrogens (tertiary/aromatic N) is 2. The fraction of sp³-hybridized carbons (Fsp3) is 0.417. The van der Waals surface area contributed by atoms with Crippen LogP contribution in [0, 0.1) is 10.1 Å². The highest BCUT2D eigenvalue weighted by Gasteiger charge is 2.13. The van der Waals surface area contributed by atoms with Crippen LogP contribution in [0.3, 0.4) is 0 Å². The maximum atomic E-state index is 10.8. The van der Waals surface area contributed by atoms with Crippen LogP contribution in [0.15, 0.2) is 23.3 Å². The first-order valence-electron chi connectivity index (χ1n) is 5.77. The number of benzene rings is 1. The van der Waals surface area contributed by atoms with Gasteiger partial charge in [0.05, 0.1) is 4.92 Å². The molecule has 0 radical (unpaired) electrons. The minimum Gasteiger partial charge on any atom is -0.272 e. The predicted octanol–water partition coefficient (Wildman–Crippen LogP) is 4.23. The first kappa shape index (κ1) is 14.4. The first-order chi connectivity index (χ1) is 8.54. The number of unbranched alkanes of at least 4 members (excludes halogenated alkanes) is 1. The number of halogens is 1. The molecule has 0 saturated carbocycles. The van der Waals surface area contributed by atoms with Crippen LogP contribution in [0.25, 0.3) is 0 Å². The van der Waals surface area contributed by atoms with Crippen LogP contribution in [0.5, 0.6) is 0 Å². The highest BCUT2D eigenvalue weighted by atomic mass is 35.5. The second-order valence-electron chi connectivity index (χ2n) is 3.98. The molecule has 0 amide bonds. The lowest BCUT2D eigenvalue weighted by atomic mass is 10.2. The molecule has 0 bridgehead atoms. The van der Waals surface area contributed by atoms with Gasteiger partial charge in [-0.1, -0.05) is 24.9 Å². The van der Waals surface area contributed by atoms with Gasteiger partial charge >= 0.3 is 0 Å². The molecule has 0 aromatic heterocycles. The zero-order valence-electron chi connectivity index (χ0n) is 10.4. The maximum Gasteiger partial charge on any atom is 0.295 e. The molecule has 1 rings (SSSR count). The molecule has 0 aliphatic heterocycles. The van der Waals surface area contributed by atoms with Gasteiger partial charge in [0.15, 0.2) is 0 Å². The van der Waals surface area contributed by atoms with Crippen LogP contribution in [0.2, 0.25) is 5.02 Å². The summed E-state index contributed by atoms with van der Waals surface area (Å²) in [4.78, 5) is 10.4. The van der Waals surface area contributed by atoms with E-state index in [1.54, 1.807) is 12.1 Å². The largest absolute Gasteiger partial charge is 0.295 e. The summed E-state index contributed by atoms with van der Waals surface area (Å²) >= 11 is 5.72. The highest BCUT2D eigenvalue weighted by Crippen LogP contribution is 2.27. The Hall–Kier alpha value is -1.62. The number of anilines is 1. The van der Waals surface area contributed by atoms with Crippen molar-refractivity contribution >= 4 is 28.7 Å². The monoisotopic (exact) mass is 269 g/mol. The Kier molecular flexibility index (Phi) is 5.58. The Balaban J connectivity index is 2.81. The number of hydrogen-bond acceptors (Lipinski definition) is 4. The molecule has 0 unspecified atom stereocenters. The van der Waals surface area contributed by atoms with E-state index >= 15 is 0 Å². The van der Waals surface area contributed by atoms with Gasteiger partial charge in [0, 0.05) is 16.8 Å². The Morgan fingerprint density at radius 1 is 1.56 bits per heavy atom. The Bertz CT molecular complexity index is 461. The molecule has 0 atom stereocenters. The van der Waals surface area contributed by atoms with E-state index in [0.717, 1.165) is 25.0 Å². The van der Waals surface area contributed by atoms with Crippen molar-refractivity contribution in [1.82, 2.24) is 0 Å². The van der Waals surface area contributed by atoms with Crippen molar-refractivity contribution in [2.24, 2.45) is 5.10 Å². The van der Waals surface area contributed by atoms with E-state index in [0.29, 0.717) is 10.7 Å². The van der Waals surface area contributed by atoms with Gasteiger partial charge in [-0.3, -0.25) is 15.5 Å². The third kappa shape index (κ3) is 4.33. The fourth-order valence-electron chi connectivity index (χ4n) is 1.39. The van der Waals surface area contributed by atoms with Crippen LogP contribution >= 0.6 is 11.6 Å². The lowest BCUT2D eigenvalue weighted by Gasteiger charge is -2.04. The molecule has 1 aromatic carbocycles. The van der Waals surface area contributed by atoms with Crippen molar-refractivity contribution in [1.29, 1.82) is 0 Å². The predicted molar refractivity (Wildman–Crippen MR) is 74.4 cm³/mol. The number of nitrogens with one attached hydrogen (secondary N) is 1. The molecule has 0 saturated heterocycles. The van der Waals surface area contributed by atoms with E-state index in [4.69, 9.17) is 11.6 Å². The third-order valence-corrected chi connectivity index (χ3v) is 2.65. The minimum absolute atomic E-state index is 0.0745. The van der Waals surface area contributed by atoms with Crippen molar-refractivity contribution in [3.05, 3.63) is 33.3 Å². The average molecular weight is 270 g/mol. The van der Waals surface area contributed by atoms with Gasteiger partial charge in [-0.15, -0.1) is 0 Å². The maximum absolute atomic E-state index is 10.8. The van der Waals surface area contributed by atoms with E-state index in [1.807, 2.05) is 6.92 Å². The normalized spacial score (nSPS) is 11.4. The van der Waals surface area contributed by atoms with Crippen molar-refractivity contribution in [3.63, 3.8) is 0 Å². The summed E-state index contributed by atoms with van der Waals surface area (Å²) in [5.41, 5.74) is 3.91. The van der Waals surface area contributed by atoms with Gasteiger partial charge in [-0.2, -0.15) is 5.10 Å². The van der Waals surface area contributed by atoms with Gasteiger partial charge in [-0.05, 0) is 31.9 Å². The molecule has 18 heavy (non-hydrogen) atoms. The van der Waals surface area contributed by atoms with E-state index < -0.39 is 4.92 Å². The van der Waals surface area contributed by atoms with Gasteiger partial charge < -0.3 is 0 Å². The molecule has 5 nitrogen and oxygen atoms in total. The van der Waals surface area contributed by atoms with E-state index in [9.17, 15) is 10.1 Å². The van der Waals surface area contributed by atoms with Gasteiger partial charge in [-0.25, -0.2) is 0 Å². The van der Waals surface area contributed by atoms with Crippen molar-refractivity contribution < 1.29 is 4.92 Å². The van der Waals surface area contributed by atoms with Gasteiger partial charge in [0.2, 0.25) is 0 Å². The van der Waals surface area contributed by atoms with Crippen LogP contribution in [0.1, 0.15) is 33.1 Å². The molecule has 0 heterocycles. The van der Waals surface area contributed by atoms with E-state index in [1.165, 1.54) is 6.07 Å². The molecule has 6 heteroatoms. The highest BCUT2D eigenvalue weighted by molar-refractivity contribution is 6.30. The molecular weight excluding hydrogens is 254 g/mol. The van der Waals surface area contributed by atoms with E-state index in [2.05, 4.69) is 17.5 Å². The smallest absolute Gasteiger partial charge is 0.272 e. The standard InChI is InChI=1S/C12H16ClN3O2/c1-3-4-5-9(2)14-15-11-7-6-10(13)8-12(11)16(17)18/h6-8,15H,3-5H2,1-2H3/b14-9+. The molecule has 1 aromatic rings. The van der Waals surface area contributed by atoms with Crippen LogP contribution in [0.4, 0.5) is 11.4 Å². The molecule has 0 aliphatic carbocycles. The number of nitro groups is 1.